The van der Waals surface area contributed by atoms with E-state index in [4.69, 9.17) is 16.3 Å². The highest BCUT2D eigenvalue weighted by atomic mass is 35.5. The molecule has 3 rings (SSSR count). The van der Waals surface area contributed by atoms with Crippen LogP contribution >= 0.6 is 11.6 Å². The molecule has 4 nitrogen and oxygen atoms in total. The van der Waals surface area contributed by atoms with Crippen molar-refractivity contribution in [2.24, 2.45) is 0 Å². The van der Waals surface area contributed by atoms with E-state index < -0.39 is 0 Å². The van der Waals surface area contributed by atoms with Crippen molar-refractivity contribution in [2.75, 3.05) is 6.61 Å². The Bertz CT molecular complexity index is 546. The molecule has 2 aromatic rings. The van der Waals surface area contributed by atoms with Gasteiger partial charge in [0, 0.05) is 12.3 Å². The number of ether oxygens (including phenoxy) is 1. The van der Waals surface area contributed by atoms with E-state index >= 15 is 0 Å². The Kier molecular flexibility index (Phi) is 2.76. The number of nitrogens with zero attached hydrogens (tertiary/aromatic N) is 3. The summed E-state index contributed by atoms with van der Waals surface area (Å²) in [6.45, 7) is 3.79. The first-order valence-corrected chi connectivity index (χ1v) is 6.21. The predicted molar refractivity (Wildman–Crippen MR) is 66.2 cm³/mol. The van der Waals surface area contributed by atoms with E-state index in [0.717, 1.165) is 42.7 Å². The molecule has 0 bridgehead atoms. The molecule has 90 valence electrons. The van der Waals surface area contributed by atoms with Crippen molar-refractivity contribution < 1.29 is 4.74 Å². The lowest BCUT2D eigenvalue weighted by Gasteiger charge is -2.13. The second-order valence-electron chi connectivity index (χ2n) is 4.43. The normalized spacial score (nSPS) is 20.2. The number of rotatable bonds is 2. The summed E-state index contributed by atoms with van der Waals surface area (Å²) in [4.78, 5) is 8.32. The smallest absolute Gasteiger partial charge is 0.145 e. The van der Waals surface area contributed by atoms with Gasteiger partial charge in [-0.3, -0.25) is 0 Å². The standard InChI is InChI=1S/C12H14ClN3O/c1-8-5-10-11(13)14-7-15-12(10)16(8)6-9-3-2-4-17-9/h5,7,9H,2-4,6H2,1H3/t9-/m1/s1. The first-order valence-electron chi connectivity index (χ1n) is 5.83. The van der Waals surface area contributed by atoms with Crippen molar-refractivity contribution in [3.63, 3.8) is 0 Å². The van der Waals surface area contributed by atoms with Crippen LogP contribution in [0.15, 0.2) is 12.4 Å². The van der Waals surface area contributed by atoms with Gasteiger partial charge in [-0.2, -0.15) is 0 Å². The van der Waals surface area contributed by atoms with E-state index in [1.54, 1.807) is 0 Å². The van der Waals surface area contributed by atoms with Crippen LogP contribution in [0.3, 0.4) is 0 Å². The molecule has 0 aromatic carbocycles. The van der Waals surface area contributed by atoms with Crippen molar-refractivity contribution in [2.45, 2.75) is 32.4 Å². The summed E-state index contributed by atoms with van der Waals surface area (Å²) in [5.74, 6) is 0. The Morgan fingerprint density at radius 3 is 3.18 bits per heavy atom. The monoisotopic (exact) mass is 251 g/mol. The molecular formula is C12H14ClN3O. The highest BCUT2D eigenvalue weighted by Gasteiger charge is 2.19. The molecule has 1 fully saturated rings. The third-order valence-electron chi connectivity index (χ3n) is 3.26. The quantitative estimate of drug-likeness (QED) is 0.771. The lowest BCUT2D eigenvalue weighted by molar-refractivity contribution is 0.0975. The fourth-order valence-corrected chi connectivity index (χ4v) is 2.56. The Balaban J connectivity index is 2.02. The summed E-state index contributed by atoms with van der Waals surface area (Å²) in [5.41, 5.74) is 2.05. The van der Waals surface area contributed by atoms with Gasteiger partial charge in [0.05, 0.1) is 18.0 Å². The van der Waals surface area contributed by atoms with E-state index in [1.807, 2.05) is 6.07 Å². The SMILES string of the molecule is Cc1cc2c(Cl)ncnc2n1C[C@H]1CCCO1. The van der Waals surface area contributed by atoms with Gasteiger partial charge < -0.3 is 9.30 Å². The molecule has 1 saturated heterocycles. The summed E-state index contributed by atoms with van der Waals surface area (Å²) >= 11 is 6.06. The summed E-state index contributed by atoms with van der Waals surface area (Å²) in [7, 11) is 0. The van der Waals surface area contributed by atoms with Crippen molar-refractivity contribution in [3.8, 4) is 0 Å². The van der Waals surface area contributed by atoms with Crippen molar-refractivity contribution >= 4 is 22.6 Å². The molecule has 1 atom stereocenters. The van der Waals surface area contributed by atoms with Gasteiger partial charge in [-0.15, -0.1) is 0 Å². The molecule has 0 amide bonds. The lowest BCUT2D eigenvalue weighted by atomic mass is 10.2. The number of halogens is 1. The molecule has 0 unspecified atom stereocenters. The van der Waals surface area contributed by atoms with Gasteiger partial charge in [0.15, 0.2) is 0 Å². The van der Waals surface area contributed by atoms with Gasteiger partial charge >= 0.3 is 0 Å². The summed E-state index contributed by atoms with van der Waals surface area (Å²) in [5, 5.41) is 1.44. The number of aromatic nitrogens is 3. The maximum atomic E-state index is 6.06. The number of hydrogen-bond donors (Lipinski definition) is 0. The van der Waals surface area contributed by atoms with Gasteiger partial charge in [-0.1, -0.05) is 11.6 Å². The van der Waals surface area contributed by atoms with Crippen LogP contribution < -0.4 is 0 Å². The minimum absolute atomic E-state index is 0.304. The molecule has 0 radical (unpaired) electrons. The van der Waals surface area contributed by atoms with E-state index in [1.165, 1.54) is 6.33 Å². The molecule has 0 N–H and O–H groups in total. The molecule has 5 heteroatoms. The third kappa shape index (κ3) is 1.91. The van der Waals surface area contributed by atoms with E-state index in [2.05, 4.69) is 21.5 Å². The fourth-order valence-electron chi connectivity index (χ4n) is 2.38. The van der Waals surface area contributed by atoms with Gasteiger partial charge in [-0.25, -0.2) is 9.97 Å². The Hall–Kier alpha value is -1.13. The van der Waals surface area contributed by atoms with Crippen molar-refractivity contribution in [1.82, 2.24) is 14.5 Å². The molecule has 0 aliphatic carbocycles. The second kappa shape index (κ2) is 4.27. The molecular weight excluding hydrogens is 238 g/mol. The maximum absolute atomic E-state index is 6.06. The van der Waals surface area contributed by atoms with Crippen LogP contribution in [0, 0.1) is 6.92 Å². The first kappa shape index (κ1) is 11.0. The second-order valence-corrected chi connectivity index (χ2v) is 4.79. The van der Waals surface area contributed by atoms with Gasteiger partial charge in [-0.05, 0) is 25.8 Å². The number of fused-ring (bicyclic) bond motifs is 1. The molecule has 1 aliphatic rings. The van der Waals surface area contributed by atoms with Crippen molar-refractivity contribution in [3.05, 3.63) is 23.2 Å². The molecule has 2 aromatic heterocycles. The average molecular weight is 252 g/mol. The van der Waals surface area contributed by atoms with Crippen LogP contribution in [-0.4, -0.2) is 27.2 Å². The van der Waals surface area contributed by atoms with Gasteiger partial charge in [0.25, 0.3) is 0 Å². The average Bonchev–Trinajstić information content (AvgIpc) is 2.91. The minimum Gasteiger partial charge on any atom is -0.376 e. The first-order chi connectivity index (χ1) is 8.25. The third-order valence-corrected chi connectivity index (χ3v) is 3.56. The Morgan fingerprint density at radius 2 is 2.41 bits per heavy atom. The summed E-state index contributed by atoms with van der Waals surface area (Å²) in [6, 6.07) is 2.03. The van der Waals surface area contributed by atoms with Gasteiger partial charge in [0.2, 0.25) is 0 Å². The van der Waals surface area contributed by atoms with Gasteiger partial charge in [0.1, 0.15) is 17.1 Å². The van der Waals surface area contributed by atoms with Crippen LogP contribution in [0.1, 0.15) is 18.5 Å². The van der Waals surface area contributed by atoms with E-state index in [-0.39, 0.29) is 0 Å². The summed E-state index contributed by atoms with van der Waals surface area (Å²) < 4.78 is 7.83. The van der Waals surface area contributed by atoms with Crippen LogP contribution in [0.4, 0.5) is 0 Å². The minimum atomic E-state index is 0.304. The Morgan fingerprint density at radius 1 is 1.53 bits per heavy atom. The zero-order valence-electron chi connectivity index (χ0n) is 9.69. The molecule has 0 spiro atoms. The van der Waals surface area contributed by atoms with Crippen LogP contribution in [0.25, 0.3) is 11.0 Å². The highest BCUT2D eigenvalue weighted by Crippen LogP contribution is 2.25. The molecule has 0 saturated carbocycles. The van der Waals surface area contributed by atoms with Crippen LogP contribution in [-0.2, 0) is 11.3 Å². The summed E-state index contributed by atoms with van der Waals surface area (Å²) in [6.07, 6.45) is 4.09. The fraction of sp³-hybridized carbons (Fsp3) is 0.500. The van der Waals surface area contributed by atoms with E-state index in [0.29, 0.717) is 11.3 Å². The molecule has 1 aliphatic heterocycles. The van der Waals surface area contributed by atoms with Crippen LogP contribution in [0.5, 0.6) is 0 Å². The highest BCUT2D eigenvalue weighted by molar-refractivity contribution is 6.33. The lowest BCUT2D eigenvalue weighted by Crippen LogP contribution is -2.16. The van der Waals surface area contributed by atoms with Crippen LogP contribution in [0.2, 0.25) is 5.15 Å². The number of hydrogen-bond acceptors (Lipinski definition) is 3. The molecule has 3 heterocycles. The number of aryl methyl sites for hydroxylation is 1. The topological polar surface area (TPSA) is 39.9 Å². The van der Waals surface area contributed by atoms with E-state index in [9.17, 15) is 0 Å². The predicted octanol–water partition coefficient (Wildman–Crippen LogP) is 2.57. The zero-order valence-corrected chi connectivity index (χ0v) is 10.4. The van der Waals surface area contributed by atoms with Crippen molar-refractivity contribution in [1.29, 1.82) is 0 Å². The largest absolute Gasteiger partial charge is 0.376 e. The zero-order chi connectivity index (χ0) is 11.8. The Labute approximate surface area is 105 Å². The molecule has 17 heavy (non-hydrogen) atoms. The maximum Gasteiger partial charge on any atom is 0.145 e.